The first kappa shape index (κ1) is 17.0. The van der Waals surface area contributed by atoms with Crippen molar-refractivity contribution >= 4 is 22.5 Å². The number of rotatable bonds is 4. The summed E-state index contributed by atoms with van der Waals surface area (Å²) in [5.74, 6) is -0.359. The largest absolute Gasteiger partial charge is 0.350 e. The Balaban J connectivity index is 2.08. The highest BCUT2D eigenvalue weighted by molar-refractivity contribution is 6.06. The second kappa shape index (κ2) is 6.93. The minimum atomic E-state index is -0.359. The van der Waals surface area contributed by atoms with Crippen LogP contribution in [0.15, 0.2) is 53.5 Å². The van der Waals surface area contributed by atoms with Gasteiger partial charge in [-0.15, -0.1) is 0 Å². The minimum absolute atomic E-state index is 0.161. The summed E-state index contributed by atoms with van der Waals surface area (Å²) in [5.41, 5.74) is 3.71. The Morgan fingerprint density at radius 1 is 1.00 bits per heavy atom. The lowest BCUT2D eigenvalue weighted by atomic mass is 10.0. The van der Waals surface area contributed by atoms with Crippen LogP contribution in [0.4, 0.5) is 5.69 Å². The highest BCUT2D eigenvalue weighted by Gasteiger charge is 2.17. The van der Waals surface area contributed by atoms with E-state index in [1.165, 1.54) is 0 Å². The van der Waals surface area contributed by atoms with Gasteiger partial charge in [0.15, 0.2) is 0 Å². The van der Waals surface area contributed by atoms with Gasteiger partial charge in [0.2, 0.25) is 5.43 Å². The van der Waals surface area contributed by atoms with Crippen LogP contribution in [-0.2, 0) is 19.9 Å². The Labute approximate surface area is 147 Å². The molecule has 0 aliphatic rings. The predicted molar refractivity (Wildman–Crippen MR) is 102 cm³/mol. The summed E-state index contributed by atoms with van der Waals surface area (Å²) in [6, 6.07) is 13.3. The number of aryl methyl sites for hydroxylation is 3. The second-order valence-corrected chi connectivity index (χ2v) is 6.11. The third-order valence-corrected chi connectivity index (χ3v) is 4.58. The number of amides is 1. The lowest BCUT2D eigenvalue weighted by molar-refractivity contribution is 0.102. The van der Waals surface area contributed by atoms with Crippen LogP contribution in [0.1, 0.15) is 35.3 Å². The van der Waals surface area contributed by atoms with Gasteiger partial charge in [-0.25, -0.2) is 0 Å². The normalized spacial score (nSPS) is 10.8. The highest BCUT2D eigenvalue weighted by Crippen LogP contribution is 2.23. The maximum Gasteiger partial charge on any atom is 0.261 e. The quantitative estimate of drug-likeness (QED) is 0.786. The molecule has 0 bridgehead atoms. The Hall–Kier alpha value is -2.88. The van der Waals surface area contributed by atoms with Crippen LogP contribution in [0.3, 0.4) is 0 Å². The molecule has 128 valence electrons. The summed E-state index contributed by atoms with van der Waals surface area (Å²) >= 11 is 0. The van der Waals surface area contributed by atoms with Crippen molar-refractivity contribution in [3.63, 3.8) is 0 Å². The van der Waals surface area contributed by atoms with Crippen molar-refractivity contribution in [1.29, 1.82) is 0 Å². The first-order chi connectivity index (χ1) is 12.1. The molecule has 0 fully saturated rings. The van der Waals surface area contributed by atoms with Crippen molar-refractivity contribution in [2.45, 2.75) is 26.7 Å². The van der Waals surface area contributed by atoms with Crippen LogP contribution in [0.2, 0.25) is 0 Å². The number of benzene rings is 2. The second-order valence-electron chi connectivity index (χ2n) is 6.11. The molecule has 1 N–H and O–H groups in total. The number of fused-ring (bicyclic) bond motifs is 1. The van der Waals surface area contributed by atoms with Crippen molar-refractivity contribution in [2.24, 2.45) is 7.05 Å². The van der Waals surface area contributed by atoms with Gasteiger partial charge in [0.25, 0.3) is 5.91 Å². The lowest BCUT2D eigenvalue weighted by Gasteiger charge is -2.15. The van der Waals surface area contributed by atoms with E-state index in [0.29, 0.717) is 5.39 Å². The van der Waals surface area contributed by atoms with Gasteiger partial charge in [-0.2, -0.15) is 0 Å². The summed E-state index contributed by atoms with van der Waals surface area (Å²) in [6.07, 6.45) is 3.25. The zero-order valence-corrected chi connectivity index (χ0v) is 14.8. The highest BCUT2D eigenvalue weighted by atomic mass is 16.2. The summed E-state index contributed by atoms with van der Waals surface area (Å²) in [7, 11) is 1.84. The van der Waals surface area contributed by atoms with Gasteiger partial charge in [-0.05, 0) is 36.1 Å². The average molecular weight is 334 g/mol. The average Bonchev–Trinajstić information content (AvgIpc) is 2.64. The fourth-order valence-corrected chi connectivity index (χ4v) is 3.19. The van der Waals surface area contributed by atoms with Crippen molar-refractivity contribution in [3.05, 3.63) is 75.6 Å². The van der Waals surface area contributed by atoms with Gasteiger partial charge < -0.3 is 9.88 Å². The van der Waals surface area contributed by atoms with Crippen LogP contribution < -0.4 is 10.7 Å². The molecule has 0 aliphatic carbocycles. The zero-order valence-electron chi connectivity index (χ0n) is 14.8. The molecular formula is C21H22N2O2. The monoisotopic (exact) mass is 334 g/mol. The van der Waals surface area contributed by atoms with Crippen molar-refractivity contribution in [3.8, 4) is 0 Å². The molecule has 0 radical (unpaired) electrons. The van der Waals surface area contributed by atoms with Gasteiger partial charge in [-0.1, -0.05) is 44.2 Å². The van der Waals surface area contributed by atoms with E-state index in [4.69, 9.17) is 0 Å². The number of nitrogens with one attached hydrogen (secondary N) is 1. The van der Waals surface area contributed by atoms with Crippen molar-refractivity contribution < 1.29 is 4.79 Å². The molecule has 4 nitrogen and oxygen atoms in total. The number of hydrogen-bond acceptors (Lipinski definition) is 2. The number of anilines is 1. The van der Waals surface area contributed by atoms with Gasteiger partial charge in [-0.3, -0.25) is 9.59 Å². The molecule has 4 heteroatoms. The molecule has 3 rings (SSSR count). The topological polar surface area (TPSA) is 51.1 Å². The van der Waals surface area contributed by atoms with Crippen LogP contribution in [-0.4, -0.2) is 10.5 Å². The first-order valence-corrected chi connectivity index (χ1v) is 8.57. The van der Waals surface area contributed by atoms with E-state index >= 15 is 0 Å². The summed E-state index contributed by atoms with van der Waals surface area (Å²) < 4.78 is 1.82. The Kier molecular flexibility index (Phi) is 4.70. The maximum absolute atomic E-state index is 12.8. The van der Waals surface area contributed by atoms with Crippen LogP contribution in [0.25, 0.3) is 10.9 Å². The molecule has 25 heavy (non-hydrogen) atoms. The molecule has 2 aromatic carbocycles. The third kappa shape index (κ3) is 3.07. The fraction of sp³-hybridized carbons (Fsp3) is 0.238. The van der Waals surface area contributed by atoms with E-state index in [0.717, 1.165) is 35.2 Å². The van der Waals surface area contributed by atoms with Gasteiger partial charge in [0, 0.05) is 24.3 Å². The SMILES string of the molecule is CCc1cccc(CC)c1NC(=O)c1cn(C)c2ccccc2c1=O. The Bertz CT molecular complexity index is 980. The van der Waals surface area contributed by atoms with E-state index in [1.807, 2.05) is 48.0 Å². The smallest absolute Gasteiger partial charge is 0.261 e. The van der Waals surface area contributed by atoms with E-state index < -0.39 is 0 Å². The minimum Gasteiger partial charge on any atom is -0.350 e. The molecule has 1 heterocycles. The number of hydrogen-bond donors (Lipinski definition) is 1. The zero-order chi connectivity index (χ0) is 18.0. The van der Waals surface area contributed by atoms with Crippen molar-refractivity contribution in [2.75, 3.05) is 5.32 Å². The van der Waals surface area contributed by atoms with Gasteiger partial charge >= 0.3 is 0 Å². The molecule has 0 atom stereocenters. The Morgan fingerprint density at radius 3 is 2.28 bits per heavy atom. The van der Waals surface area contributed by atoms with Gasteiger partial charge in [0.05, 0.1) is 5.52 Å². The number of nitrogens with zero attached hydrogens (tertiary/aromatic N) is 1. The van der Waals surface area contributed by atoms with Crippen LogP contribution >= 0.6 is 0 Å². The third-order valence-electron chi connectivity index (χ3n) is 4.58. The molecule has 0 saturated carbocycles. The molecular weight excluding hydrogens is 312 g/mol. The maximum atomic E-state index is 12.8. The molecule has 0 spiro atoms. The molecule has 3 aromatic rings. The molecule has 1 amide bonds. The van der Waals surface area contributed by atoms with E-state index in [-0.39, 0.29) is 16.9 Å². The number of carbonyl (C=O) groups excluding carboxylic acids is 1. The van der Waals surface area contributed by atoms with Gasteiger partial charge in [0.1, 0.15) is 5.56 Å². The molecule has 1 aromatic heterocycles. The van der Waals surface area contributed by atoms with E-state index in [1.54, 1.807) is 12.3 Å². The molecule has 0 unspecified atom stereocenters. The fourth-order valence-electron chi connectivity index (χ4n) is 3.19. The standard InChI is InChI=1S/C21H22N2O2/c1-4-14-9-8-10-15(5-2)19(14)22-21(25)17-13-23(3)18-12-7-6-11-16(18)20(17)24/h6-13H,4-5H2,1-3H3,(H,22,25). The van der Waals surface area contributed by atoms with Crippen LogP contribution in [0.5, 0.6) is 0 Å². The van der Waals surface area contributed by atoms with E-state index in [9.17, 15) is 9.59 Å². The first-order valence-electron chi connectivity index (χ1n) is 8.57. The lowest BCUT2D eigenvalue weighted by Crippen LogP contribution is -2.24. The Morgan fingerprint density at radius 2 is 1.64 bits per heavy atom. The summed E-state index contributed by atoms with van der Waals surface area (Å²) in [6.45, 7) is 4.11. The number of aromatic nitrogens is 1. The van der Waals surface area contributed by atoms with E-state index in [2.05, 4.69) is 19.2 Å². The van der Waals surface area contributed by atoms with Crippen LogP contribution in [0, 0.1) is 0 Å². The van der Waals surface area contributed by atoms with Crippen molar-refractivity contribution in [1.82, 2.24) is 4.57 Å². The number of carbonyl (C=O) groups is 1. The summed E-state index contributed by atoms with van der Waals surface area (Å²) in [4.78, 5) is 25.6. The molecule has 0 saturated heterocycles. The predicted octanol–water partition coefficient (Wildman–Crippen LogP) is 3.92. The molecule has 0 aliphatic heterocycles. The number of para-hydroxylation sites is 2. The summed E-state index contributed by atoms with van der Waals surface area (Å²) in [5, 5.41) is 3.53. The number of pyridine rings is 1.